The van der Waals surface area contributed by atoms with Gasteiger partial charge >= 0.3 is 5.97 Å². The molecule has 1 aliphatic rings. The second kappa shape index (κ2) is 10.6. The third-order valence-corrected chi connectivity index (χ3v) is 6.47. The first-order chi connectivity index (χ1) is 17.3. The molecule has 9 nitrogen and oxygen atoms in total. The Morgan fingerprint density at radius 1 is 1.17 bits per heavy atom. The number of rotatable bonds is 8. The van der Waals surface area contributed by atoms with Crippen LogP contribution in [0.25, 0.3) is 6.08 Å². The molecule has 2 N–H and O–H groups in total. The molecule has 0 radical (unpaired) electrons. The Morgan fingerprint density at radius 3 is 2.58 bits per heavy atom. The molecule has 2 aromatic carbocycles. The molecule has 0 fully saturated rings. The zero-order chi connectivity index (χ0) is 25.8. The van der Waals surface area contributed by atoms with Gasteiger partial charge < -0.3 is 19.9 Å². The normalized spacial score (nSPS) is 15.2. The van der Waals surface area contributed by atoms with Crippen molar-refractivity contribution in [3.63, 3.8) is 0 Å². The van der Waals surface area contributed by atoms with Crippen molar-refractivity contribution in [2.45, 2.75) is 19.9 Å². The van der Waals surface area contributed by atoms with Crippen molar-refractivity contribution in [1.29, 1.82) is 0 Å². The van der Waals surface area contributed by atoms with Gasteiger partial charge in [-0.3, -0.25) is 14.2 Å². The van der Waals surface area contributed by atoms with Gasteiger partial charge in [0, 0.05) is 0 Å². The lowest BCUT2D eigenvalue weighted by Crippen LogP contribution is -2.39. The molecule has 1 amide bonds. The van der Waals surface area contributed by atoms with Crippen molar-refractivity contribution >= 4 is 29.3 Å². The zero-order valence-electron chi connectivity index (χ0n) is 20.0. The SMILES string of the molecule is CCOC(=O)C1=C(C)N=c2s/c(=C\c3ccc(OCC(N)=O)c(OC)c3)c(=O)n2[C@H]1c1ccccc1. The minimum atomic E-state index is -0.664. The standard InChI is InChI=1S/C26H25N3O6S/c1-4-34-25(32)22-15(2)28-26-29(23(22)17-8-6-5-7-9-17)24(31)20(36-26)13-16-10-11-18(19(12-16)33-3)35-14-21(27)30/h5-13,23H,4,14H2,1-3H3,(H2,27,30)/b20-13-/t23-/m0/s1. The minimum Gasteiger partial charge on any atom is -0.493 e. The number of methoxy groups -OCH3 is 1. The molecule has 0 spiro atoms. The number of carbonyl (C=O) groups excluding carboxylic acids is 2. The van der Waals surface area contributed by atoms with Crippen molar-refractivity contribution in [3.8, 4) is 11.5 Å². The average molecular weight is 508 g/mol. The van der Waals surface area contributed by atoms with Crippen molar-refractivity contribution in [2.75, 3.05) is 20.3 Å². The Hall–Kier alpha value is -4.18. The molecule has 0 bridgehead atoms. The molecule has 36 heavy (non-hydrogen) atoms. The monoisotopic (exact) mass is 507 g/mol. The van der Waals surface area contributed by atoms with Crippen LogP contribution in [0, 0.1) is 0 Å². The van der Waals surface area contributed by atoms with Gasteiger partial charge in [-0.2, -0.15) is 0 Å². The van der Waals surface area contributed by atoms with Crippen molar-refractivity contribution in [2.24, 2.45) is 10.7 Å². The van der Waals surface area contributed by atoms with Gasteiger partial charge in [0.05, 0.1) is 35.6 Å². The van der Waals surface area contributed by atoms with Crippen LogP contribution in [-0.2, 0) is 14.3 Å². The third kappa shape index (κ3) is 4.94. The molecule has 186 valence electrons. The number of ether oxygens (including phenoxy) is 3. The summed E-state index contributed by atoms with van der Waals surface area (Å²) in [4.78, 5) is 42.6. The van der Waals surface area contributed by atoms with E-state index in [-0.39, 0.29) is 18.8 Å². The maximum atomic E-state index is 13.6. The van der Waals surface area contributed by atoms with E-state index in [1.807, 2.05) is 30.3 Å². The largest absolute Gasteiger partial charge is 0.493 e. The number of esters is 1. The lowest BCUT2D eigenvalue weighted by atomic mass is 9.96. The highest BCUT2D eigenvalue weighted by Crippen LogP contribution is 2.31. The van der Waals surface area contributed by atoms with Gasteiger partial charge in [-0.05, 0) is 43.2 Å². The number of primary amides is 1. The summed E-state index contributed by atoms with van der Waals surface area (Å²) < 4.78 is 18.0. The number of hydrogen-bond acceptors (Lipinski definition) is 8. The molecule has 10 heteroatoms. The summed E-state index contributed by atoms with van der Waals surface area (Å²) in [5.74, 6) is -0.361. The number of nitrogens with zero attached hydrogens (tertiary/aromatic N) is 2. The molecular weight excluding hydrogens is 482 g/mol. The van der Waals surface area contributed by atoms with Crippen LogP contribution in [0.4, 0.5) is 0 Å². The summed E-state index contributed by atoms with van der Waals surface area (Å²) in [5.41, 5.74) is 7.17. The number of benzene rings is 2. The minimum absolute atomic E-state index is 0.211. The quantitative estimate of drug-likeness (QED) is 0.463. The zero-order valence-corrected chi connectivity index (χ0v) is 20.8. The Kier molecular flexibility index (Phi) is 7.35. The number of allylic oxidation sites excluding steroid dienone is 1. The lowest BCUT2D eigenvalue weighted by molar-refractivity contribution is -0.139. The molecule has 1 aliphatic heterocycles. The van der Waals surface area contributed by atoms with E-state index in [2.05, 4.69) is 4.99 Å². The first-order valence-electron chi connectivity index (χ1n) is 11.2. The highest BCUT2D eigenvalue weighted by atomic mass is 32.1. The summed E-state index contributed by atoms with van der Waals surface area (Å²) in [6, 6.07) is 13.7. The number of amides is 1. The van der Waals surface area contributed by atoms with Gasteiger partial charge in [0.15, 0.2) is 22.9 Å². The first-order valence-corrected chi connectivity index (χ1v) is 12.0. The van der Waals surface area contributed by atoms with Crippen LogP contribution >= 0.6 is 11.3 Å². The predicted octanol–water partition coefficient (Wildman–Crippen LogP) is 1.67. The van der Waals surface area contributed by atoms with E-state index in [4.69, 9.17) is 19.9 Å². The van der Waals surface area contributed by atoms with E-state index in [1.54, 1.807) is 38.1 Å². The van der Waals surface area contributed by atoms with E-state index in [9.17, 15) is 14.4 Å². The van der Waals surface area contributed by atoms with Crippen molar-refractivity contribution in [1.82, 2.24) is 4.57 Å². The number of carbonyl (C=O) groups is 2. The van der Waals surface area contributed by atoms with Crippen LogP contribution in [0.1, 0.15) is 31.0 Å². The first kappa shape index (κ1) is 24.9. The predicted molar refractivity (Wildman–Crippen MR) is 135 cm³/mol. The lowest BCUT2D eigenvalue weighted by Gasteiger charge is -2.24. The summed E-state index contributed by atoms with van der Waals surface area (Å²) in [7, 11) is 1.48. The second-order valence-electron chi connectivity index (χ2n) is 7.88. The number of fused-ring (bicyclic) bond motifs is 1. The maximum absolute atomic E-state index is 13.6. The van der Waals surface area contributed by atoms with Gasteiger partial charge in [-0.15, -0.1) is 0 Å². The maximum Gasteiger partial charge on any atom is 0.338 e. The number of aromatic nitrogens is 1. The second-order valence-corrected chi connectivity index (χ2v) is 8.89. The van der Waals surface area contributed by atoms with Crippen LogP contribution < -0.4 is 30.1 Å². The summed E-state index contributed by atoms with van der Waals surface area (Å²) >= 11 is 1.23. The Bertz CT molecular complexity index is 1520. The van der Waals surface area contributed by atoms with Gasteiger partial charge in [0.25, 0.3) is 11.5 Å². The van der Waals surface area contributed by atoms with Crippen molar-refractivity contribution in [3.05, 3.63) is 90.6 Å². The topological polar surface area (TPSA) is 122 Å². The van der Waals surface area contributed by atoms with Crippen LogP contribution in [0.15, 0.2) is 69.6 Å². The number of thiazole rings is 1. The molecule has 0 saturated carbocycles. The Labute approximate surface area is 210 Å². The summed E-state index contributed by atoms with van der Waals surface area (Å²) in [6.45, 7) is 3.41. The molecule has 4 rings (SSSR count). The highest BCUT2D eigenvalue weighted by Gasteiger charge is 2.33. The smallest absolute Gasteiger partial charge is 0.338 e. The third-order valence-electron chi connectivity index (χ3n) is 5.49. The van der Waals surface area contributed by atoms with Crippen LogP contribution in [0.2, 0.25) is 0 Å². The molecule has 0 aliphatic carbocycles. The van der Waals surface area contributed by atoms with Gasteiger partial charge in [-0.25, -0.2) is 9.79 Å². The Balaban J connectivity index is 1.84. The van der Waals surface area contributed by atoms with E-state index in [0.717, 1.165) is 5.56 Å². The van der Waals surface area contributed by atoms with Crippen LogP contribution in [-0.4, -0.2) is 36.8 Å². The fourth-order valence-electron chi connectivity index (χ4n) is 3.94. The molecule has 0 saturated heterocycles. The molecule has 2 heterocycles. The molecule has 0 unspecified atom stereocenters. The molecule has 3 aromatic rings. The van der Waals surface area contributed by atoms with E-state index in [1.165, 1.54) is 23.0 Å². The van der Waals surface area contributed by atoms with E-state index < -0.39 is 17.9 Å². The number of hydrogen-bond donors (Lipinski definition) is 1. The number of nitrogens with two attached hydrogens (primary N) is 1. The van der Waals surface area contributed by atoms with E-state index >= 15 is 0 Å². The summed E-state index contributed by atoms with van der Waals surface area (Å²) in [6.07, 6.45) is 1.72. The molecule has 1 aromatic heterocycles. The highest BCUT2D eigenvalue weighted by molar-refractivity contribution is 7.07. The van der Waals surface area contributed by atoms with Crippen molar-refractivity contribution < 1.29 is 23.8 Å². The van der Waals surface area contributed by atoms with Crippen LogP contribution in [0.3, 0.4) is 0 Å². The average Bonchev–Trinajstić information content (AvgIpc) is 3.16. The molecular formula is C26H25N3O6S. The van der Waals surface area contributed by atoms with Gasteiger partial charge in [0.1, 0.15) is 0 Å². The van der Waals surface area contributed by atoms with Crippen LogP contribution in [0.5, 0.6) is 11.5 Å². The summed E-state index contributed by atoms with van der Waals surface area (Å²) in [5, 5.41) is 0. The fraction of sp³-hybridized carbons (Fsp3) is 0.231. The van der Waals surface area contributed by atoms with E-state index in [0.29, 0.717) is 37.7 Å². The molecule has 1 atom stereocenters. The Morgan fingerprint density at radius 2 is 1.92 bits per heavy atom. The fourth-order valence-corrected chi connectivity index (χ4v) is 4.98. The van der Waals surface area contributed by atoms with Gasteiger partial charge in [-0.1, -0.05) is 47.7 Å². The van der Waals surface area contributed by atoms with Gasteiger partial charge in [0.2, 0.25) is 0 Å².